The number of nitrogens with one attached hydrogen (secondary N) is 1. The van der Waals surface area contributed by atoms with Crippen molar-refractivity contribution in [2.75, 3.05) is 18.4 Å². The van der Waals surface area contributed by atoms with E-state index in [2.05, 4.69) is 5.32 Å². The van der Waals surface area contributed by atoms with Crippen LogP contribution in [-0.2, 0) is 10.3 Å². The van der Waals surface area contributed by atoms with Crippen LogP contribution in [-0.4, -0.2) is 30.0 Å². The van der Waals surface area contributed by atoms with Crippen LogP contribution in [0.2, 0.25) is 5.02 Å². The summed E-state index contributed by atoms with van der Waals surface area (Å²) in [7, 11) is 0. The van der Waals surface area contributed by atoms with Crippen molar-refractivity contribution in [1.82, 2.24) is 4.90 Å². The SMILES string of the molecule is O=C1OC2(CCN(C(=O)Nc3ccccc3Cl)CC2)c2ccccc21. The number of halogens is 1. The fraction of sp³-hybridized carbons (Fsp3) is 0.263. The van der Waals surface area contributed by atoms with Gasteiger partial charge in [0.1, 0.15) is 5.60 Å². The van der Waals surface area contributed by atoms with Gasteiger partial charge in [0.25, 0.3) is 0 Å². The maximum Gasteiger partial charge on any atom is 0.339 e. The number of fused-ring (bicyclic) bond motifs is 2. The normalized spacial score (nSPS) is 18.0. The summed E-state index contributed by atoms with van der Waals surface area (Å²) >= 11 is 6.09. The van der Waals surface area contributed by atoms with Crippen molar-refractivity contribution in [3.8, 4) is 0 Å². The number of hydrogen-bond donors (Lipinski definition) is 1. The van der Waals surface area contributed by atoms with Crippen LogP contribution in [0.3, 0.4) is 0 Å². The average molecular weight is 357 g/mol. The average Bonchev–Trinajstić information content (AvgIpc) is 2.90. The number of likely N-dealkylation sites (tertiary alicyclic amines) is 1. The molecular weight excluding hydrogens is 340 g/mol. The van der Waals surface area contributed by atoms with Crippen molar-refractivity contribution in [1.29, 1.82) is 0 Å². The molecule has 2 heterocycles. The molecule has 0 aromatic heterocycles. The Bertz CT molecular complexity index is 844. The Kier molecular flexibility index (Phi) is 3.88. The zero-order chi connectivity index (χ0) is 17.4. The van der Waals surface area contributed by atoms with Crippen LogP contribution in [0.4, 0.5) is 10.5 Å². The molecule has 0 aliphatic carbocycles. The molecule has 4 rings (SSSR count). The summed E-state index contributed by atoms with van der Waals surface area (Å²) in [6.45, 7) is 1.02. The molecule has 0 radical (unpaired) electrons. The summed E-state index contributed by atoms with van der Waals surface area (Å²) in [6, 6.07) is 14.4. The van der Waals surface area contributed by atoms with Gasteiger partial charge in [0.05, 0.1) is 16.3 Å². The zero-order valence-corrected chi connectivity index (χ0v) is 14.3. The van der Waals surface area contributed by atoms with E-state index >= 15 is 0 Å². The monoisotopic (exact) mass is 356 g/mol. The molecule has 1 spiro atoms. The van der Waals surface area contributed by atoms with Gasteiger partial charge in [-0.2, -0.15) is 0 Å². The summed E-state index contributed by atoms with van der Waals surface area (Å²) in [5, 5.41) is 3.34. The molecule has 128 valence electrons. The predicted molar refractivity (Wildman–Crippen MR) is 94.8 cm³/mol. The minimum absolute atomic E-state index is 0.194. The third kappa shape index (κ3) is 2.74. The molecule has 0 bridgehead atoms. The number of nitrogens with zero attached hydrogens (tertiary/aromatic N) is 1. The number of amides is 2. The van der Waals surface area contributed by atoms with Gasteiger partial charge in [0.2, 0.25) is 0 Å². The molecule has 25 heavy (non-hydrogen) atoms. The summed E-state index contributed by atoms with van der Waals surface area (Å²) in [4.78, 5) is 26.3. The maximum atomic E-state index is 12.5. The summed E-state index contributed by atoms with van der Waals surface area (Å²) in [5.74, 6) is -0.274. The highest BCUT2D eigenvalue weighted by Crippen LogP contribution is 2.44. The molecule has 2 aromatic rings. The highest BCUT2D eigenvalue weighted by molar-refractivity contribution is 6.33. The van der Waals surface area contributed by atoms with E-state index in [4.69, 9.17) is 16.3 Å². The number of urea groups is 1. The number of benzene rings is 2. The maximum absolute atomic E-state index is 12.5. The van der Waals surface area contributed by atoms with Crippen LogP contribution in [0.5, 0.6) is 0 Å². The van der Waals surface area contributed by atoms with E-state index in [0.717, 1.165) is 5.56 Å². The van der Waals surface area contributed by atoms with Gasteiger partial charge in [-0.15, -0.1) is 0 Å². The van der Waals surface area contributed by atoms with E-state index in [1.165, 1.54) is 0 Å². The number of rotatable bonds is 1. The first kappa shape index (κ1) is 16.0. The topological polar surface area (TPSA) is 58.6 Å². The molecule has 0 unspecified atom stereocenters. The number of esters is 1. The Hall–Kier alpha value is -2.53. The smallest absolute Gasteiger partial charge is 0.339 e. The number of anilines is 1. The number of carbonyl (C=O) groups excluding carboxylic acids is 2. The van der Waals surface area contributed by atoms with E-state index < -0.39 is 5.60 Å². The molecule has 2 aliphatic heterocycles. The minimum atomic E-state index is -0.602. The second kappa shape index (κ2) is 6.08. The van der Waals surface area contributed by atoms with Crippen molar-refractivity contribution in [3.05, 3.63) is 64.7 Å². The van der Waals surface area contributed by atoms with Crippen LogP contribution >= 0.6 is 11.6 Å². The van der Waals surface area contributed by atoms with Crippen molar-refractivity contribution in [2.24, 2.45) is 0 Å². The Morgan fingerprint density at radius 3 is 2.52 bits per heavy atom. The Labute approximate surface area is 150 Å². The lowest BCUT2D eigenvalue weighted by Crippen LogP contribution is -2.46. The van der Waals surface area contributed by atoms with Crippen molar-refractivity contribution in [3.63, 3.8) is 0 Å². The molecule has 5 nitrogen and oxygen atoms in total. The fourth-order valence-corrected chi connectivity index (χ4v) is 3.73. The van der Waals surface area contributed by atoms with Crippen molar-refractivity contribution in [2.45, 2.75) is 18.4 Å². The second-order valence-electron chi connectivity index (χ2n) is 6.33. The van der Waals surface area contributed by atoms with Crippen molar-refractivity contribution < 1.29 is 14.3 Å². The first-order chi connectivity index (χ1) is 12.1. The van der Waals surface area contributed by atoms with Gasteiger partial charge in [-0.3, -0.25) is 0 Å². The molecule has 1 fully saturated rings. The number of ether oxygens (including phenoxy) is 1. The first-order valence-corrected chi connectivity index (χ1v) is 8.60. The van der Waals surface area contributed by atoms with Crippen LogP contribution in [0.25, 0.3) is 0 Å². The molecule has 2 aliphatic rings. The summed E-state index contributed by atoms with van der Waals surface area (Å²) in [5.41, 5.74) is 1.56. The Morgan fingerprint density at radius 2 is 1.76 bits per heavy atom. The van der Waals surface area contributed by atoms with Gasteiger partial charge >= 0.3 is 12.0 Å². The lowest BCUT2D eigenvalue weighted by Gasteiger charge is -2.38. The lowest BCUT2D eigenvalue weighted by molar-refractivity contribution is -0.0363. The number of carbonyl (C=O) groups is 2. The Morgan fingerprint density at radius 1 is 1.08 bits per heavy atom. The standard InChI is InChI=1S/C19H17ClN2O3/c20-15-7-3-4-8-16(15)21-18(24)22-11-9-19(10-12-22)14-6-2-1-5-13(14)17(23)25-19/h1-8H,9-12H2,(H,21,24). The third-order valence-electron chi connectivity index (χ3n) is 4.90. The Balaban J connectivity index is 1.46. The predicted octanol–water partition coefficient (Wildman–Crippen LogP) is 4.03. The highest BCUT2D eigenvalue weighted by atomic mass is 35.5. The fourth-order valence-electron chi connectivity index (χ4n) is 3.55. The van der Waals surface area contributed by atoms with E-state index in [9.17, 15) is 9.59 Å². The quantitative estimate of drug-likeness (QED) is 0.785. The van der Waals surface area contributed by atoms with E-state index in [0.29, 0.717) is 42.2 Å². The summed E-state index contributed by atoms with van der Waals surface area (Å²) in [6.07, 6.45) is 1.18. The number of hydrogen-bond acceptors (Lipinski definition) is 3. The van der Waals surface area contributed by atoms with Crippen LogP contribution < -0.4 is 5.32 Å². The molecule has 6 heteroatoms. The van der Waals surface area contributed by atoms with E-state index in [-0.39, 0.29) is 12.0 Å². The molecule has 2 aromatic carbocycles. The largest absolute Gasteiger partial charge is 0.450 e. The van der Waals surface area contributed by atoms with Gasteiger partial charge in [-0.25, -0.2) is 9.59 Å². The molecule has 2 amide bonds. The van der Waals surface area contributed by atoms with E-state index in [1.54, 1.807) is 23.1 Å². The van der Waals surface area contributed by atoms with Gasteiger partial charge in [-0.1, -0.05) is 41.9 Å². The van der Waals surface area contributed by atoms with E-state index in [1.807, 2.05) is 30.3 Å². The number of para-hydroxylation sites is 1. The van der Waals surface area contributed by atoms with Crippen LogP contribution in [0.15, 0.2) is 48.5 Å². The molecule has 0 atom stereocenters. The molecular formula is C19H17ClN2O3. The van der Waals surface area contributed by atoms with Gasteiger partial charge in [-0.05, 0) is 18.2 Å². The minimum Gasteiger partial charge on any atom is -0.450 e. The van der Waals surface area contributed by atoms with Crippen LogP contribution in [0, 0.1) is 0 Å². The van der Waals surface area contributed by atoms with Gasteiger partial charge < -0.3 is 15.0 Å². The first-order valence-electron chi connectivity index (χ1n) is 8.22. The molecule has 1 N–H and O–H groups in total. The highest BCUT2D eigenvalue weighted by Gasteiger charge is 2.47. The van der Waals surface area contributed by atoms with Gasteiger partial charge in [0.15, 0.2) is 0 Å². The lowest BCUT2D eigenvalue weighted by atomic mass is 9.84. The summed E-state index contributed by atoms with van der Waals surface area (Å²) < 4.78 is 5.71. The zero-order valence-electron chi connectivity index (χ0n) is 13.5. The van der Waals surface area contributed by atoms with Crippen molar-refractivity contribution >= 4 is 29.3 Å². The third-order valence-corrected chi connectivity index (χ3v) is 5.23. The molecule has 1 saturated heterocycles. The number of piperidine rings is 1. The van der Waals surface area contributed by atoms with Gasteiger partial charge in [0, 0.05) is 31.5 Å². The second-order valence-corrected chi connectivity index (χ2v) is 6.73. The van der Waals surface area contributed by atoms with Crippen LogP contribution in [0.1, 0.15) is 28.8 Å². The molecule has 0 saturated carbocycles.